The Labute approximate surface area is 131 Å². The molecule has 0 saturated carbocycles. The molecule has 2 atom stereocenters. The molecule has 3 nitrogen and oxygen atoms in total. The van der Waals surface area contributed by atoms with E-state index in [-0.39, 0.29) is 11.9 Å². The Kier molecular flexibility index (Phi) is 3.14. The number of benzene rings is 1. The number of hydrogen-bond acceptors (Lipinski definition) is 2. The molecule has 1 aromatic rings. The number of rotatable bonds is 3. The van der Waals surface area contributed by atoms with Crippen LogP contribution in [0.25, 0.3) is 0 Å². The van der Waals surface area contributed by atoms with Crippen LogP contribution in [0.5, 0.6) is 0 Å². The van der Waals surface area contributed by atoms with E-state index < -0.39 is 0 Å². The molecule has 22 heavy (non-hydrogen) atoms. The number of amides is 1. The van der Waals surface area contributed by atoms with Crippen molar-refractivity contribution in [2.45, 2.75) is 19.4 Å². The third kappa shape index (κ3) is 2.17. The Morgan fingerprint density at radius 3 is 2.91 bits per heavy atom. The van der Waals surface area contributed by atoms with Gasteiger partial charge in [-0.3, -0.25) is 4.79 Å². The maximum absolute atomic E-state index is 12.7. The zero-order valence-electron chi connectivity index (χ0n) is 12.8. The maximum Gasteiger partial charge on any atom is 0.252 e. The average molecular weight is 292 g/mol. The van der Waals surface area contributed by atoms with Crippen molar-refractivity contribution in [3.63, 3.8) is 0 Å². The third-order valence-electron chi connectivity index (χ3n) is 4.84. The highest BCUT2D eigenvalue weighted by atomic mass is 16.2. The van der Waals surface area contributed by atoms with E-state index in [2.05, 4.69) is 60.8 Å². The van der Waals surface area contributed by atoms with Crippen molar-refractivity contribution >= 4 is 11.6 Å². The van der Waals surface area contributed by atoms with Crippen molar-refractivity contribution in [2.75, 3.05) is 18.4 Å². The van der Waals surface area contributed by atoms with Gasteiger partial charge in [-0.05, 0) is 37.1 Å². The van der Waals surface area contributed by atoms with E-state index in [9.17, 15) is 4.79 Å². The lowest BCUT2D eigenvalue weighted by molar-refractivity contribution is -0.128. The van der Waals surface area contributed by atoms with Crippen LogP contribution in [-0.4, -0.2) is 29.9 Å². The van der Waals surface area contributed by atoms with Crippen molar-refractivity contribution in [1.82, 2.24) is 4.90 Å². The van der Waals surface area contributed by atoms with Crippen LogP contribution in [-0.2, 0) is 4.79 Å². The van der Waals surface area contributed by atoms with Crippen LogP contribution in [0.1, 0.15) is 12.0 Å². The molecule has 2 unspecified atom stereocenters. The van der Waals surface area contributed by atoms with Gasteiger partial charge >= 0.3 is 0 Å². The SMILES string of the molecule is Cc1ccc(NCC2=CC3=CC=CC4CCN(C2=O)C34)cc1. The topological polar surface area (TPSA) is 32.3 Å². The number of carbonyl (C=O) groups excluding carboxylic acids is 1. The van der Waals surface area contributed by atoms with Gasteiger partial charge in [-0.2, -0.15) is 0 Å². The molecule has 112 valence electrons. The molecule has 1 saturated heterocycles. The molecule has 4 rings (SSSR count). The normalized spacial score (nSPS) is 25.7. The second-order valence-electron chi connectivity index (χ2n) is 6.34. The first-order chi connectivity index (χ1) is 10.7. The molecule has 3 aliphatic rings. The van der Waals surface area contributed by atoms with Crippen molar-refractivity contribution in [1.29, 1.82) is 0 Å². The van der Waals surface area contributed by atoms with Gasteiger partial charge in [0.15, 0.2) is 0 Å². The molecular weight excluding hydrogens is 272 g/mol. The van der Waals surface area contributed by atoms with E-state index in [4.69, 9.17) is 0 Å². The zero-order valence-corrected chi connectivity index (χ0v) is 12.8. The monoisotopic (exact) mass is 292 g/mol. The first kappa shape index (κ1) is 13.4. The largest absolute Gasteiger partial charge is 0.381 e. The summed E-state index contributed by atoms with van der Waals surface area (Å²) in [4.78, 5) is 14.7. The van der Waals surface area contributed by atoms with Gasteiger partial charge in [-0.25, -0.2) is 0 Å². The Bertz CT molecular complexity index is 697. The molecule has 0 radical (unpaired) electrons. The summed E-state index contributed by atoms with van der Waals surface area (Å²) in [5, 5.41) is 3.36. The summed E-state index contributed by atoms with van der Waals surface area (Å²) in [6.07, 6.45) is 9.70. The maximum atomic E-state index is 12.7. The number of nitrogens with one attached hydrogen (secondary N) is 1. The highest BCUT2D eigenvalue weighted by Crippen LogP contribution is 2.38. The van der Waals surface area contributed by atoms with Crippen molar-refractivity contribution in [3.05, 3.63) is 65.3 Å². The highest BCUT2D eigenvalue weighted by molar-refractivity contribution is 5.97. The Hall–Kier alpha value is -2.29. The molecule has 1 fully saturated rings. The molecule has 3 heteroatoms. The Balaban J connectivity index is 1.55. The zero-order chi connectivity index (χ0) is 15.1. The van der Waals surface area contributed by atoms with Crippen LogP contribution in [0.15, 0.2) is 59.7 Å². The fraction of sp³-hybridized carbons (Fsp3) is 0.316. The number of carbonyl (C=O) groups is 1. The van der Waals surface area contributed by atoms with Gasteiger partial charge in [0.2, 0.25) is 0 Å². The number of aryl methyl sites for hydroxylation is 1. The van der Waals surface area contributed by atoms with Gasteiger partial charge in [-0.15, -0.1) is 0 Å². The molecule has 0 bridgehead atoms. The minimum atomic E-state index is 0.194. The standard InChI is InChI=1S/C19H20N2O/c1-13-5-7-17(8-6-13)20-12-16-11-15-4-2-3-14-9-10-21(18(14)15)19(16)22/h2-8,11,14,18,20H,9-10,12H2,1H3. The molecule has 0 aromatic heterocycles. The van der Waals surface area contributed by atoms with Crippen molar-refractivity contribution in [2.24, 2.45) is 5.92 Å². The smallest absolute Gasteiger partial charge is 0.252 e. The van der Waals surface area contributed by atoms with Crippen LogP contribution < -0.4 is 5.32 Å². The van der Waals surface area contributed by atoms with E-state index >= 15 is 0 Å². The van der Waals surface area contributed by atoms with Crippen LogP contribution in [0.3, 0.4) is 0 Å². The van der Waals surface area contributed by atoms with Gasteiger partial charge < -0.3 is 10.2 Å². The van der Waals surface area contributed by atoms with E-state index in [1.165, 1.54) is 11.1 Å². The molecular formula is C19H20N2O. The van der Waals surface area contributed by atoms with E-state index in [1.807, 2.05) is 4.90 Å². The lowest BCUT2D eigenvalue weighted by Gasteiger charge is -2.34. The molecule has 1 aromatic carbocycles. The highest BCUT2D eigenvalue weighted by Gasteiger charge is 2.41. The summed E-state index contributed by atoms with van der Waals surface area (Å²) in [6.45, 7) is 3.53. The van der Waals surface area contributed by atoms with Crippen LogP contribution in [0.4, 0.5) is 5.69 Å². The van der Waals surface area contributed by atoms with E-state index in [1.54, 1.807) is 0 Å². The first-order valence-electron chi connectivity index (χ1n) is 7.93. The predicted octanol–water partition coefficient (Wildman–Crippen LogP) is 3.06. The molecule has 2 heterocycles. The lowest BCUT2D eigenvalue weighted by Crippen LogP contribution is -2.44. The number of allylic oxidation sites excluding steroid dienone is 2. The number of hydrogen-bond donors (Lipinski definition) is 1. The molecule has 1 amide bonds. The number of anilines is 1. The van der Waals surface area contributed by atoms with Crippen LogP contribution >= 0.6 is 0 Å². The Morgan fingerprint density at radius 2 is 2.09 bits per heavy atom. The van der Waals surface area contributed by atoms with Gasteiger partial charge in [0, 0.05) is 30.3 Å². The Morgan fingerprint density at radius 1 is 1.27 bits per heavy atom. The third-order valence-corrected chi connectivity index (χ3v) is 4.84. The van der Waals surface area contributed by atoms with Gasteiger partial charge in [0.05, 0.1) is 6.04 Å². The summed E-state index contributed by atoms with van der Waals surface area (Å²) >= 11 is 0. The summed E-state index contributed by atoms with van der Waals surface area (Å²) in [5.41, 5.74) is 4.44. The molecule has 1 aliphatic carbocycles. The summed E-state index contributed by atoms with van der Waals surface area (Å²) < 4.78 is 0. The van der Waals surface area contributed by atoms with Gasteiger partial charge in [-0.1, -0.05) is 35.9 Å². The van der Waals surface area contributed by atoms with E-state index in [0.717, 1.165) is 24.2 Å². The number of nitrogens with zero attached hydrogens (tertiary/aromatic N) is 1. The van der Waals surface area contributed by atoms with Gasteiger partial charge in [0.1, 0.15) is 0 Å². The van der Waals surface area contributed by atoms with Crippen molar-refractivity contribution in [3.8, 4) is 0 Å². The summed E-state index contributed by atoms with van der Waals surface area (Å²) in [6, 6.07) is 8.55. The second-order valence-corrected chi connectivity index (χ2v) is 6.34. The molecule has 2 aliphatic heterocycles. The fourth-order valence-corrected chi connectivity index (χ4v) is 3.66. The molecule has 1 N–H and O–H groups in total. The average Bonchev–Trinajstić information content (AvgIpc) is 2.97. The quantitative estimate of drug-likeness (QED) is 0.928. The molecule has 0 spiro atoms. The predicted molar refractivity (Wildman–Crippen MR) is 88.6 cm³/mol. The van der Waals surface area contributed by atoms with Crippen LogP contribution in [0.2, 0.25) is 0 Å². The first-order valence-corrected chi connectivity index (χ1v) is 7.93. The summed E-state index contributed by atoms with van der Waals surface area (Å²) in [5.74, 6) is 0.700. The lowest BCUT2D eigenvalue weighted by atomic mass is 9.86. The minimum Gasteiger partial charge on any atom is -0.381 e. The van der Waals surface area contributed by atoms with E-state index in [0.29, 0.717) is 12.5 Å². The second kappa shape index (κ2) is 5.16. The summed E-state index contributed by atoms with van der Waals surface area (Å²) in [7, 11) is 0. The van der Waals surface area contributed by atoms with Crippen LogP contribution in [0, 0.1) is 12.8 Å². The van der Waals surface area contributed by atoms with Crippen molar-refractivity contribution < 1.29 is 4.79 Å². The van der Waals surface area contributed by atoms with Gasteiger partial charge in [0.25, 0.3) is 5.91 Å². The fourth-order valence-electron chi connectivity index (χ4n) is 3.66. The minimum absolute atomic E-state index is 0.194.